The maximum atomic E-state index is 12.9. The Hall–Kier alpha value is -2.88. The van der Waals surface area contributed by atoms with Crippen LogP contribution in [0.4, 0.5) is 4.39 Å². The van der Waals surface area contributed by atoms with E-state index in [1.165, 1.54) is 12.1 Å². The van der Waals surface area contributed by atoms with Crippen molar-refractivity contribution in [2.45, 2.75) is 13.0 Å². The molecule has 0 aliphatic heterocycles. The van der Waals surface area contributed by atoms with Crippen molar-refractivity contribution >= 4 is 0 Å². The SMILES string of the molecule is COc1ccc(-c2ccc(=O)n(CCc3ccc(F)cc3)c2)cc1. The fraction of sp³-hybridized carbons (Fsp3) is 0.150. The first-order valence-corrected chi connectivity index (χ1v) is 7.75. The Labute approximate surface area is 140 Å². The molecule has 0 amide bonds. The number of ether oxygens (including phenoxy) is 1. The Morgan fingerprint density at radius 1 is 0.917 bits per heavy atom. The third-order valence-corrected chi connectivity index (χ3v) is 3.96. The molecular formula is C20H18FNO2. The molecule has 0 bridgehead atoms. The van der Waals surface area contributed by atoms with Crippen LogP contribution in [0.25, 0.3) is 11.1 Å². The molecule has 0 aliphatic rings. The Morgan fingerprint density at radius 3 is 2.25 bits per heavy atom. The van der Waals surface area contributed by atoms with Gasteiger partial charge in [-0.05, 0) is 53.4 Å². The Bertz CT molecular complexity index is 867. The molecule has 0 fully saturated rings. The minimum absolute atomic E-state index is 0.0469. The largest absolute Gasteiger partial charge is 0.497 e. The van der Waals surface area contributed by atoms with E-state index >= 15 is 0 Å². The highest BCUT2D eigenvalue weighted by atomic mass is 19.1. The molecule has 1 aromatic heterocycles. The van der Waals surface area contributed by atoms with Gasteiger partial charge in [-0.1, -0.05) is 24.3 Å². The summed E-state index contributed by atoms with van der Waals surface area (Å²) >= 11 is 0. The zero-order chi connectivity index (χ0) is 16.9. The van der Waals surface area contributed by atoms with E-state index in [9.17, 15) is 9.18 Å². The second-order valence-electron chi connectivity index (χ2n) is 5.55. The maximum absolute atomic E-state index is 12.9. The number of benzene rings is 2. The molecule has 3 nitrogen and oxygen atoms in total. The summed E-state index contributed by atoms with van der Waals surface area (Å²) in [7, 11) is 1.63. The van der Waals surface area contributed by atoms with Gasteiger partial charge >= 0.3 is 0 Å². The van der Waals surface area contributed by atoms with Gasteiger partial charge in [0.2, 0.25) is 0 Å². The molecule has 0 unspecified atom stereocenters. The molecule has 24 heavy (non-hydrogen) atoms. The number of rotatable bonds is 5. The molecule has 4 heteroatoms. The lowest BCUT2D eigenvalue weighted by molar-refractivity contribution is 0.415. The van der Waals surface area contributed by atoms with Crippen LogP contribution in [-0.2, 0) is 13.0 Å². The summed E-state index contributed by atoms with van der Waals surface area (Å²) in [6, 6.07) is 17.5. The van der Waals surface area contributed by atoms with Gasteiger partial charge in [0.15, 0.2) is 0 Å². The second-order valence-corrected chi connectivity index (χ2v) is 5.55. The molecule has 0 saturated heterocycles. The van der Waals surface area contributed by atoms with Crippen molar-refractivity contribution < 1.29 is 9.13 Å². The summed E-state index contributed by atoms with van der Waals surface area (Å²) in [6.07, 6.45) is 2.53. The minimum atomic E-state index is -0.252. The third kappa shape index (κ3) is 3.71. The second kappa shape index (κ2) is 7.13. The lowest BCUT2D eigenvalue weighted by atomic mass is 10.1. The van der Waals surface area contributed by atoms with Crippen LogP contribution in [0.1, 0.15) is 5.56 Å². The number of aromatic nitrogens is 1. The van der Waals surface area contributed by atoms with Crippen LogP contribution >= 0.6 is 0 Å². The zero-order valence-electron chi connectivity index (χ0n) is 13.4. The predicted molar refractivity (Wildman–Crippen MR) is 92.8 cm³/mol. The van der Waals surface area contributed by atoms with Crippen molar-refractivity contribution in [3.05, 3.63) is 88.6 Å². The molecule has 1 heterocycles. The fourth-order valence-electron chi connectivity index (χ4n) is 2.56. The summed E-state index contributed by atoms with van der Waals surface area (Å²) in [4.78, 5) is 12.1. The molecular weight excluding hydrogens is 305 g/mol. The standard InChI is InChI=1S/C20H18FNO2/c1-24-19-9-4-16(5-10-19)17-6-11-20(23)22(14-17)13-12-15-2-7-18(21)8-3-15/h2-11,14H,12-13H2,1H3. The highest BCUT2D eigenvalue weighted by Crippen LogP contribution is 2.21. The lowest BCUT2D eigenvalue weighted by Gasteiger charge is -2.09. The first-order chi connectivity index (χ1) is 11.7. The number of aryl methyl sites for hydroxylation is 2. The Balaban J connectivity index is 1.80. The van der Waals surface area contributed by atoms with Gasteiger partial charge in [0.1, 0.15) is 11.6 Å². The molecule has 0 saturated carbocycles. The first kappa shape index (κ1) is 16.0. The fourth-order valence-corrected chi connectivity index (χ4v) is 2.56. The number of halogens is 1. The highest BCUT2D eigenvalue weighted by molar-refractivity contribution is 5.63. The Kier molecular flexibility index (Phi) is 4.75. The monoisotopic (exact) mass is 323 g/mol. The van der Waals surface area contributed by atoms with Crippen LogP contribution in [0.3, 0.4) is 0 Å². The lowest BCUT2D eigenvalue weighted by Crippen LogP contribution is -2.19. The van der Waals surface area contributed by atoms with Gasteiger partial charge in [-0.25, -0.2) is 4.39 Å². The predicted octanol–water partition coefficient (Wildman–Crippen LogP) is 3.91. The van der Waals surface area contributed by atoms with Crippen molar-refractivity contribution in [3.63, 3.8) is 0 Å². The van der Waals surface area contributed by atoms with Crippen LogP contribution < -0.4 is 10.3 Å². The van der Waals surface area contributed by atoms with E-state index in [2.05, 4.69) is 0 Å². The average Bonchev–Trinajstić information content (AvgIpc) is 2.62. The summed E-state index contributed by atoms with van der Waals surface area (Å²) in [5.74, 6) is 0.542. The molecule has 122 valence electrons. The molecule has 2 aromatic carbocycles. The molecule has 0 radical (unpaired) electrons. The van der Waals surface area contributed by atoms with E-state index in [1.54, 1.807) is 29.9 Å². The van der Waals surface area contributed by atoms with E-state index in [0.717, 1.165) is 22.4 Å². The van der Waals surface area contributed by atoms with Crippen molar-refractivity contribution in [2.24, 2.45) is 0 Å². The van der Waals surface area contributed by atoms with Crippen LogP contribution in [-0.4, -0.2) is 11.7 Å². The summed E-state index contributed by atoms with van der Waals surface area (Å²) in [6.45, 7) is 0.550. The van der Waals surface area contributed by atoms with E-state index in [1.807, 2.05) is 36.5 Å². The third-order valence-electron chi connectivity index (χ3n) is 3.96. The average molecular weight is 323 g/mol. The number of pyridine rings is 1. The number of hydrogen-bond donors (Lipinski definition) is 0. The molecule has 0 spiro atoms. The molecule has 3 aromatic rings. The molecule has 0 N–H and O–H groups in total. The van der Waals surface area contributed by atoms with Crippen molar-refractivity contribution in [1.82, 2.24) is 4.57 Å². The van der Waals surface area contributed by atoms with Gasteiger partial charge in [0.05, 0.1) is 7.11 Å². The maximum Gasteiger partial charge on any atom is 0.250 e. The first-order valence-electron chi connectivity index (χ1n) is 7.75. The minimum Gasteiger partial charge on any atom is -0.497 e. The quantitative estimate of drug-likeness (QED) is 0.713. The summed E-state index contributed by atoms with van der Waals surface area (Å²) in [5.41, 5.74) is 2.94. The van der Waals surface area contributed by atoms with Crippen molar-refractivity contribution in [3.8, 4) is 16.9 Å². The van der Waals surface area contributed by atoms with Gasteiger partial charge in [-0.2, -0.15) is 0 Å². The van der Waals surface area contributed by atoms with E-state index in [0.29, 0.717) is 13.0 Å². The molecule has 0 atom stereocenters. The van der Waals surface area contributed by atoms with E-state index in [-0.39, 0.29) is 11.4 Å². The normalized spacial score (nSPS) is 10.6. The van der Waals surface area contributed by atoms with E-state index < -0.39 is 0 Å². The van der Waals surface area contributed by atoms with Gasteiger partial charge in [0, 0.05) is 18.8 Å². The van der Waals surface area contributed by atoms with Gasteiger partial charge in [-0.15, -0.1) is 0 Å². The van der Waals surface area contributed by atoms with Crippen LogP contribution in [0.2, 0.25) is 0 Å². The zero-order valence-corrected chi connectivity index (χ0v) is 13.4. The van der Waals surface area contributed by atoms with Gasteiger partial charge < -0.3 is 9.30 Å². The molecule has 0 aliphatic carbocycles. The highest BCUT2D eigenvalue weighted by Gasteiger charge is 2.03. The van der Waals surface area contributed by atoms with Crippen LogP contribution in [0, 0.1) is 5.82 Å². The van der Waals surface area contributed by atoms with Crippen LogP contribution in [0.5, 0.6) is 5.75 Å². The van der Waals surface area contributed by atoms with Crippen molar-refractivity contribution in [2.75, 3.05) is 7.11 Å². The number of methoxy groups -OCH3 is 1. The number of hydrogen-bond acceptors (Lipinski definition) is 2. The van der Waals surface area contributed by atoms with Gasteiger partial charge in [-0.3, -0.25) is 4.79 Å². The summed E-state index contributed by atoms with van der Waals surface area (Å²) < 4.78 is 19.8. The Morgan fingerprint density at radius 2 is 1.58 bits per heavy atom. The topological polar surface area (TPSA) is 31.2 Å². The number of nitrogens with zero attached hydrogens (tertiary/aromatic N) is 1. The smallest absolute Gasteiger partial charge is 0.250 e. The van der Waals surface area contributed by atoms with Gasteiger partial charge in [0.25, 0.3) is 5.56 Å². The van der Waals surface area contributed by atoms with Crippen LogP contribution in [0.15, 0.2) is 71.7 Å². The summed E-state index contributed by atoms with van der Waals surface area (Å²) in [5, 5.41) is 0. The molecule has 3 rings (SSSR count). The van der Waals surface area contributed by atoms with E-state index in [4.69, 9.17) is 4.74 Å². The van der Waals surface area contributed by atoms with Crippen molar-refractivity contribution in [1.29, 1.82) is 0 Å².